The van der Waals surface area contributed by atoms with Gasteiger partial charge in [0.25, 0.3) is 0 Å². The van der Waals surface area contributed by atoms with Crippen LogP contribution in [0.3, 0.4) is 0 Å². The van der Waals surface area contributed by atoms with Gasteiger partial charge in [-0.05, 0) is 49.9 Å². The summed E-state index contributed by atoms with van der Waals surface area (Å²) in [6.07, 6.45) is 11.5. The van der Waals surface area contributed by atoms with E-state index in [1.54, 1.807) is 23.1 Å². The molecule has 24 heavy (non-hydrogen) atoms. The summed E-state index contributed by atoms with van der Waals surface area (Å²) in [5, 5.41) is 4.28. The quantitative estimate of drug-likeness (QED) is 0.803. The van der Waals surface area contributed by atoms with Crippen molar-refractivity contribution in [2.45, 2.75) is 37.8 Å². The highest BCUT2D eigenvalue weighted by molar-refractivity contribution is 5.68. The van der Waals surface area contributed by atoms with Gasteiger partial charge in [0.1, 0.15) is 11.6 Å². The van der Waals surface area contributed by atoms with Crippen LogP contribution in [0.5, 0.6) is 0 Å². The predicted octanol–water partition coefficient (Wildman–Crippen LogP) is 3.32. The minimum absolute atomic E-state index is 0.220. The molecule has 1 aliphatic carbocycles. The van der Waals surface area contributed by atoms with Gasteiger partial charge in [0.15, 0.2) is 0 Å². The van der Waals surface area contributed by atoms with E-state index in [0.29, 0.717) is 6.04 Å². The van der Waals surface area contributed by atoms with Crippen LogP contribution in [0, 0.1) is 5.82 Å². The zero-order valence-electron chi connectivity index (χ0n) is 13.3. The molecule has 124 valence electrons. The molecule has 1 fully saturated rings. The third kappa shape index (κ3) is 2.73. The number of nitrogens with two attached hydrogens (primary N) is 1. The summed E-state index contributed by atoms with van der Waals surface area (Å²) in [7, 11) is 0. The second-order valence-electron chi connectivity index (χ2n) is 6.35. The van der Waals surface area contributed by atoms with Crippen molar-refractivity contribution >= 4 is 0 Å². The minimum atomic E-state index is -0.282. The number of hydrogen-bond acceptors (Lipinski definition) is 3. The molecule has 1 saturated carbocycles. The first-order valence-electron chi connectivity index (χ1n) is 8.31. The Bertz CT molecular complexity index is 824. The van der Waals surface area contributed by atoms with Crippen molar-refractivity contribution in [1.29, 1.82) is 0 Å². The van der Waals surface area contributed by atoms with E-state index >= 15 is 0 Å². The SMILES string of the molecule is N[C@H]1CCC[C@@H](n2ccnc2-c2cc(F)ccc2-n2cccn2)C1. The summed E-state index contributed by atoms with van der Waals surface area (Å²) >= 11 is 0. The Morgan fingerprint density at radius 1 is 1.17 bits per heavy atom. The van der Waals surface area contributed by atoms with Crippen molar-refractivity contribution in [3.8, 4) is 17.1 Å². The van der Waals surface area contributed by atoms with Gasteiger partial charge < -0.3 is 10.3 Å². The first-order valence-corrected chi connectivity index (χ1v) is 8.31. The predicted molar refractivity (Wildman–Crippen MR) is 90.2 cm³/mol. The van der Waals surface area contributed by atoms with Gasteiger partial charge in [-0.2, -0.15) is 5.10 Å². The molecule has 2 heterocycles. The Hall–Kier alpha value is -2.47. The van der Waals surface area contributed by atoms with Gasteiger partial charge in [-0.15, -0.1) is 0 Å². The summed E-state index contributed by atoms with van der Waals surface area (Å²) in [4.78, 5) is 4.51. The van der Waals surface area contributed by atoms with Gasteiger partial charge >= 0.3 is 0 Å². The molecule has 0 saturated heterocycles. The highest BCUT2D eigenvalue weighted by Crippen LogP contribution is 2.33. The lowest BCUT2D eigenvalue weighted by atomic mass is 9.91. The molecule has 1 aliphatic rings. The largest absolute Gasteiger partial charge is 0.328 e. The van der Waals surface area contributed by atoms with Gasteiger partial charge in [-0.25, -0.2) is 14.1 Å². The third-order valence-electron chi connectivity index (χ3n) is 4.70. The van der Waals surface area contributed by atoms with Crippen LogP contribution in [-0.2, 0) is 0 Å². The first-order chi connectivity index (χ1) is 11.7. The maximum atomic E-state index is 13.9. The number of aromatic nitrogens is 4. The van der Waals surface area contributed by atoms with E-state index in [1.807, 2.05) is 18.5 Å². The van der Waals surface area contributed by atoms with E-state index in [1.165, 1.54) is 12.1 Å². The van der Waals surface area contributed by atoms with Gasteiger partial charge in [0.2, 0.25) is 0 Å². The van der Waals surface area contributed by atoms with Crippen molar-refractivity contribution in [3.05, 3.63) is 54.9 Å². The summed E-state index contributed by atoms with van der Waals surface area (Å²) < 4.78 is 17.8. The molecular formula is C18H20FN5. The average molecular weight is 325 g/mol. The maximum absolute atomic E-state index is 13.9. The van der Waals surface area contributed by atoms with E-state index in [4.69, 9.17) is 5.73 Å². The Kier molecular flexibility index (Phi) is 3.90. The van der Waals surface area contributed by atoms with Crippen LogP contribution in [0.25, 0.3) is 17.1 Å². The minimum Gasteiger partial charge on any atom is -0.328 e. The average Bonchev–Trinajstić information content (AvgIpc) is 3.26. The molecule has 0 amide bonds. The second kappa shape index (κ2) is 6.20. The monoisotopic (exact) mass is 325 g/mol. The van der Waals surface area contributed by atoms with Gasteiger partial charge in [-0.3, -0.25) is 0 Å². The Balaban J connectivity index is 1.80. The molecule has 0 radical (unpaired) electrons. The van der Waals surface area contributed by atoms with Crippen molar-refractivity contribution in [3.63, 3.8) is 0 Å². The van der Waals surface area contributed by atoms with Crippen molar-refractivity contribution in [2.75, 3.05) is 0 Å². The molecule has 1 aromatic carbocycles. The molecule has 0 bridgehead atoms. The number of imidazole rings is 1. The summed E-state index contributed by atoms with van der Waals surface area (Å²) in [6, 6.07) is 7.09. The van der Waals surface area contributed by atoms with Crippen LogP contribution in [0.2, 0.25) is 0 Å². The molecule has 0 spiro atoms. The number of benzene rings is 1. The summed E-state index contributed by atoms with van der Waals surface area (Å²) in [5.74, 6) is 0.481. The number of nitrogens with zero attached hydrogens (tertiary/aromatic N) is 4. The Labute approximate surface area is 139 Å². The van der Waals surface area contributed by atoms with Crippen molar-refractivity contribution < 1.29 is 4.39 Å². The Morgan fingerprint density at radius 2 is 2.08 bits per heavy atom. The van der Waals surface area contributed by atoms with Gasteiger partial charge in [0, 0.05) is 42.4 Å². The van der Waals surface area contributed by atoms with E-state index in [2.05, 4.69) is 14.6 Å². The van der Waals surface area contributed by atoms with Gasteiger partial charge in [0.05, 0.1) is 5.69 Å². The molecule has 0 aliphatic heterocycles. The summed E-state index contributed by atoms with van der Waals surface area (Å²) in [5.41, 5.74) is 7.70. The van der Waals surface area contributed by atoms with Crippen LogP contribution in [-0.4, -0.2) is 25.4 Å². The zero-order chi connectivity index (χ0) is 16.5. The molecule has 4 rings (SSSR count). The molecule has 2 aromatic heterocycles. The van der Waals surface area contributed by atoms with E-state index < -0.39 is 0 Å². The van der Waals surface area contributed by atoms with Crippen LogP contribution in [0.15, 0.2) is 49.1 Å². The topological polar surface area (TPSA) is 61.7 Å². The van der Waals surface area contributed by atoms with Crippen LogP contribution >= 0.6 is 0 Å². The lowest BCUT2D eigenvalue weighted by Gasteiger charge is -2.29. The fourth-order valence-electron chi connectivity index (χ4n) is 3.57. The van der Waals surface area contributed by atoms with E-state index in [0.717, 1.165) is 42.8 Å². The number of rotatable bonds is 3. The molecule has 2 N–H and O–H groups in total. The third-order valence-corrected chi connectivity index (χ3v) is 4.70. The summed E-state index contributed by atoms with van der Waals surface area (Å²) in [6.45, 7) is 0. The fraction of sp³-hybridized carbons (Fsp3) is 0.333. The van der Waals surface area contributed by atoms with Crippen LogP contribution < -0.4 is 5.73 Å². The van der Waals surface area contributed by atoms with Crippen LogP contribution in [0.1, 0.15) is 31.7 Å². The zero-order valence-corrected chi connectivity index (χ0v) is 13.3. The normalized spacial score (nSPS) is 21.1. The van der Waals surface area contributed by atoms with Gasteiger partial charge in [-0.1, -0.05) is 0 Å². The standard InChI is InChI=1S/C18H20FN5/c19-13-5-6-17(24-9-2-7-22-24)16(11-13)18-21-8-10-23(18)15-4-1-3-14(20)12-15/h2,5-11,14-15H,1,3-4,12,20H2/t14-,15+/m0/s1. The maximum Gasteiger partial charge on any atom is 0.142 e. The van der Waals surface area contributed by atoms with Crippen LogP contribution in [0.4, 0.5) is 4.39 Å². The van der Waals surface area contributed by atoms with E-state index in [9.17, 15) is 4.39 Å². The lowest BCUT2D eigenvalue weighted by Crippen LogP contribution is -2.29. The molecular weight excluding hydrogens is 305 g/mol. The Morgan fingerprint density at radius 3 is 2.88 bits per heavy atom. The van der Waals surface area contributed by atoms with E-state index in [-0.39, 0.29) is 11.9 Å². The molecule has 3 aromatic rings. The molecule has 6 heteroatoms. The highest BCUT2D eigenvalue weighted by Gasteiger charge is 2.24. The molecule has 0 unspecified atom stereocenters. The number of hydrogen-bond donors (Lipinski definition) is 1. The number of halogens is 1. The highest BCUT2D eigenvalue weighted by atomic mass is 19.1. The first kappa shape index (κ1) is 15.1. The second-order valence-corrected chi connectivity index (χ2v) is 6.35. The van der Waals surface area contributed by atoms with Crippen molar-refractivity contribution in [2.24, 2.45) is 5.73 Å². The molecule has 5 nitrogen and oxygen atoms in total. The smallest absolute Gasteiger partial charge is 0.142 e. The molecule has 2 atom stereocenters. The fourth-order valence-corrected chi connectivity index (χ4v) is 3.57. The van der Waals surface area contributed by atoms with Crippen molar-refractivity contribution in [1.82, 2.24) is 19.3 Å². The lowest BCUT2D eigenvalue weighted by molar-refractivity contribution is 0.322.